The Morgan fingerprint density at radius 2 is 2.33 bits per heavy atom. The van der Waals surface area contributed by atoms with Gasteiger partial charge in [-0.05, 0) is 41.6 Å². The third-order valence-corrected chi connectivity index (χ3v) is 5.23. The average Bonchev–Trinajstić information content (AvgIpc) is 3.19. The van der Waals surface area contributed by atoms with E-state index in [0.717, 1.165) is 35.9 Å². The highest BCUT2D eigenvalue weighted by atomic mass is 79.9. The van der Waals surface area contributed by atoms with Crippen molar-refractivity contribution < 1.29 is 0 Å². The first kappa shape index (κ1) is 14.7. The number of nitrogens with one attached hydrogen (secondary N) is 1. The largest absolute Gasteiger partial charge is 0.382 e. The van der Waals surface area contributed by atoms with Gasteiger partial charge in [0, 0.05) is 30.6 Å². The zero-order valence-corrected chi connectivity index (χ0v) is 14.2. The van der Waals surface area contributed by atoms with Gasteiger partial charge >= 0.3 is 0 Å². The van der Waals surface area contributed by atoms with Gasteiger partial charge in [-0.2, -0.15) is 5.10 Å². The second-order valence-electron chi connectivity index (χ2n) is 5.36. The molecule has 3 rings (SSSR count). The van der Waals surface area contributed by atoms with Crippen LogP contribution in [0.1, 0.15) is 23.5 Å². The molecule has 0 aliphatic heterocycles. The maximum atomic E-state index is 12.2. The van der Waals surface area contributed by atoms with E-state index in [2.05, 4.69) is 31.3 Å². The molecular weight excluding hydrogens is 352 g/mol. The van der Waals surface area contributed by atoms with Crippen LogP contribution in [0.15, 0.2) is 20.8 Å². The molecule has 0 bridgehead atoms. The molecule has 5 nitrogen and oxygen atoms in total. The Kier molecular flexibility index (Phi) is 4.40. The molecule has 0 spiro atoms. The maximum absolute atomic E-state index is 12.2. The Morgan fingerprint density at radius 3 is 3.00 bits per heavy atom. The summed E-state index contributed by atoms with van der Waals surface area (Å²) in [7, 11) is 0. The van der Waals surface area contributed by atoms with Crippen LogP contribution in [0.25, 0.3) is 0 Å². The van der Waals surface area contributed by atoms with E-state index in [0.29, 0.717) is 10.4 Å². The van der Waals surface area contributed by atoms with Gasteiger partial charge in [0.05, 0.1) is 16.9 Å². The van der Waals surface area contributed by atoms with Crippen molar-refractivity contribution in [2.45, 2.75) is 32.7 Å². The summed E-state index contributed by atoms with van der Waals surface area (Å²) in [6.45, 7) is 3.46. The molecule has 7 heteroatoms. The first-order valence-electron chi connectivity index (χ1n) is 7.04. The fraction of sp³-hybridized carbons (Fsp3) is 0.500. The molecule has 2 aromatic rings. The van der Waals surface area contributed by atoms with Gasteiger partial charge in [-0.3, -0.25) is 4.79 Å². The molecule has 1 aliphatic carbocycles. The molecule has 1 fully saturated rings. The van der Waals surface area contributed by atoms with Crippen LogP contribution in [0.2, 0.25) is 0 Å². The van der Waals surface area contributed by atoms with Crippen molar-refractivity contribution in [1.29, 1.82) is 0 Å². The van der Waals surface area contributed by atoms with Gasteiger partial charge in [0.15, 0.2) is 0 Å². The van der Waals surface area contributed by atoms with E-state index >= 15 is 0 Å². The van der Waals surface area contributed by atoms with Crippen molar-refractivity contribution in [3.05, 3.63) is 37.1 Å². The first-order valence-corrected chi connectivity index (χ1v) is 8.71. The molecular formula is C14H17BrN4OS. The summed E-state index contributed by atoms with van der Waals surface area (Å²) in [6.07, 6.45) is 4.98. The molecule has 0 saturated heterocycles. The zero-order chi connectivity index (χ0) is 14.8. The molecule has 0 unspecified atom stereocenters. The summed E-state index contributed by atoms with van der Waals surface area (Å²) < 4.78 is 2.12. The highest BCUT2D eigenvalue weighted by Gasteiger charge is 2.23. The van der Waals surface area contributed by atoms with Crippen molar-refractivity contribution in [2.75, 3.05) is 11.9 Å². The third kappa shape index (κ3) is 3.71. The van der Waals surface area contributed by atoms with E-state index in [-0.39, 0.29) is 5.56 Å². The van der Waals surface area contributed by atoms with Crippen molar-refractivity contribution in [3.63, 3.8) is 0 Å². The molecule has 112 valence electrons. The van der Waals surface area contributed by atoms with Crippen LogP contribution >= 0.6 is 27.3 Å². The van der Waals surface area contributed by atoms with Crippen LogP contribution < -0.4 is 10.9 Å². The first-order chi connectivity index (χ1) is 10.1. The van der Waals surface area contributed by atoms with Crippen molar-refractivity contribution in [2.24, 2.45) is 5.92 Å². The molecule has 1 N–H and O–H groups in total. The Balaban J connectivity index is 1.62. The summed E-state index contributed by atoms with van der Waals surface area (Å²) in [5, 5.41) is 10.6. The minimum atomic E-state index is -0.0583. The predicted octanol–water partition coefficient (Wildman–Crippen LogP) is 2.84. The number of thiazole rings is 1. The predicted molar refractivity (Wildman–Crippen MR) is 88.0 cm³/mol. The van der Waals surface area contributed by atoms with E-state index in [1.807, 2.05) is 12.3 Å². The lowest BCUT2D eigenvalue weighted by Gasteiger charge is -2.09. The lowest BCUT2D eigenvalue weighted by molar-refractivity contribution is 0.532. The van der Waals surface area contributed by atoms with Crippen LogP contribution in [-0.2, 0) is 13.0 Å². The normalized spacial score (nSPS) is 14.4. The van der Waals surface area contributed by atoms with Gasteiger partial charge in [-0.15, -0.1) is 11.3 Å². The van der Waals surface area contributed by atoms with E-state index < -0.39 is 0 Å². The minimum absolute atomic E-state index is 0.0583. The molecule has 1 saturated carbocycles. The number of halogens is 1. The Hall–Kier alpha value is -1.21. The van der Waals surface area contributed by atoms with Gasteiger partial charge < -0.3 is 5.32 Å². The molecule has 0 aromatic carbocycles. The summed E-state index contributed by atoms with van der Waals surface area (Å²) in [5.41, 5.74) is 1.75. The molecule has 0 amide bonds. The van der Waals surface area contributed by atoms with E-state index in [1.54, 1.807) is 22.2 Å². The van der Waals surface area contributed by atoms with Crippen LogP contribution in [0.3, 0.4) is 0 Å². The van der Waals surface area contributed by atoms with E-state index in [1.165, 1.54) is 12.8 Å². The van der Waals surface area contributed by atoms with Crippen LogP contribution in [0, 0.1) is 12.8 Å². The highest BCUT2D eigenvalue weighted by molar-refractivity contribution is 9.10. The summed E-state index contributed by atoms with van der Waals surface area (Å²) in [4.78, 5) is 16.6. The van der Waals surface area contributed by atoms with Gasteiger partial charge in [-0.1, -0.05) is 0 Å². The molecule has 1 aliphatic rings. The summed E-state index contributed by atoms with van der Waals surface area (Å²) in [6, 6.07) is 0. The van der Waals surface area contributed by atoms with Crippen LogP contribution in [0.5, 0.6) is 0 Å². The Morgan fingerprint density at radius 1 is 1.52 bits per heavy atom. The number of anilines is 1. The fourth-order valence-electron chi connectivity index (χ4n) is 2.08. The number of nitrogens with zero attached hydrogens (tertiary/aromatic N) is 3. The van der Waals surface area contributed by atoms with Crippen molar-refractivity contribution in [3.8, 4) is 0 Å². The standard InChI is InChI=1S/C14H17BrN4OS/c1-9-8-21-12(18-9)4-5-16-11-6-17-19(7-10-2-3-10)14(20)13(11)15/h6,8,10,16H,2-5,7H2,1H3. The summed E-state index contributed by atoms with van der Waals surface area (Å²) >= 11 is 5.05. The number of hydrogen-bond acceptors (Lipinski definition) is 5. The molecule has 2 heterocycles. The minimum Gasteiger partial charge on any atom is -0.382 e. The smallest absolute Gasteiger partial charge is 0.283 e. The van der Waals surface area contributed by atoms with Crippen LogP contribution in [0.4, 0.5) is 5.69 Å². The fourth-order valence-corrected chi connectivity index (χ4v) is 3.31. The number of aromatic nitrogens is 3. The quantitative estimate of drug-likeness (QED) is 0.851. The number of aryl methyl sites for hydroxylation is 1. The monoisotopic (exact) mass is 368 g/mol. The SMILES string of the molecule is Cc1csc(CCNc2cnn(CC3CC3)c(=O)c2Br)n1. The molecule has 0 atom stereocenters. The molecule has 2 aromatic heterocycles. The second-order valence-corrected chi connectivity index (χ2v) is 7.10. The van der Waals surface area contributed by atoms with Crippen molar-refractivity contribution >= 4 is 33.0 Å². The lowest BCUT2D eigenvalue weighted by atomic mass is 10.4. The topological polar surface area (TPSA) is 59.8 Å². The number of rotatable bonds is 6. The van der Waals surface area contributed by atoms with Gasteiger partial charge in [0.2, 0.25) is 0 Å². The van der Waals surface area contributed by atoms with Crippen molar-refractivity contribution in [1.82, 2.24) is 14.8 Å². The molecule has 21 heavy (non-hydrogen) atoms. The lowest BCUT2D eigenvalue weighted by Crippen LogP contribution is -2.25. The zero-order valence-electron chi connectivity index (χ0n) is 11.8. The third-order valence-electron chi connectivity index (χ3n) is 3.43. The van der Waals surface area contributed by atoms with Gasteiger partial charge in [0.1, 0.15) is 4.47 Å². The van der Waals surface area contributed by atoms with E-state index in [9.17, 15) is 4.79 Å². The maximum Gasteiger partial charge on any atom is 0.283 e. The molecule has 0 radical (unpaired) electrons. The van der Waals surface area contributed by atoms with Gasteiger partial charge in [0.25, 0.3) is 5.56 Å². The van der Waals surface area contributed by atoms with Crippen LogP contribution in [-0.4, -0.2) is 21.3 Å². The number of hydrogen-bond donors (Lipinski definition) is 1. The van der Waals surface area contributed by atoms with E-state index in [4.69, 9.17) is 0 Å². The Bertz CT molecular complexity index is 693. The average molecular weight is 369 g/mol. The van der Waals surface area contributed by atoms with Gasteiger partial charge in [-0.25, -0.2) is 9.67 Å². The second kappa shape index (κ2) is 6.27. The Labute approximate surface area is 135 Å². The summed E-state index contributed by atoms with van der Waals surface area (Å²) in [5.74, 6) is 0.633. The highest BCUT2D eigenvalue weighted by Crippen LogP contribution is 2.30.